The van der Waals surface area contributed by atoms with Crippen molar-refractivity contribution < 1.29 is 4.79 Å². The van der Waals surface area contributed by atoms with Gasteiger partial charge in [0.2, 0.25) is 5.91 Å². The van der Waals surface area contributed by atoms with Crippen LogP contribution in [0.2, 0.25) is 10.0 Å². The predicted molar refractivity (Wildman–Crippen MR) is 93.4 cm³/mol. The first kappa shape index (κ1) is 17.3. The molecule has 1 amide bonds. The van der Waals surface area contributed by atoms with Crippen molar-refractivity contribution in [1.29, 1.82) is 0 Å². The second-order valence-corrected chi connectivity index (χ2v) is 6.47. The monoisotopic (exact) mass is 340 g/mol. The molecule has 5 heteroatoms. The standard InChI is InChI=1S/C17H22Cl2N2O/c1-2-9-21-10-7-15(8-11-21)20-17(22)6-4-13-3-5-14(18)12-16(13)19/h3-6,12,15H,2,7-11H2,1H3,(H,20,22)/b6-4+. The zero-order valence-electron chi connectivity index (χ0n) is 12.8. The van der Waals surface area contributed by atoms with Crippen LogP contribution < -0.4 is 5.32 Å². The van der Waals surface area contributed by atoms with Crippen molar-refractivity contribution in [3.8, 4) is 0 Å². The van der Waals surface area contributed by atoms with Gasteiger partial charge in [-0.15, -0.1) is 0 Å². The van der Waals surface area contributed by atoms with E-state index in [1.54, 1.807) is 24.3 Å². The van der Waals surface area contributed by atoms with Crippen LogP contribution in [0.3, 0.4) is 0 Å². The van der Waals surface area contributed by atoms with Gasteiger partial charge in [0.1, 0.15) is 0 Å². The molecule has 0 saturated carbocycles. The molecule has 0 aliphatic carbocycles. The Kier molecular flexibility index (Phi) is 6.74. The minimum absolute atomic E-state index is 0.0695. The van der Waals surface area contributed by atoms with Crippen LogP contribution in [0.5, 0.6) is 0 Å². The van der Waals surface area contributed by atoms with E-state index in [4.69, 9.17) is 23.2 Å². The fourth-order valence-corrected chi connectivity index (χ4v) is 3.14. The lowest BCUT2D eigenvalue weighted by molar-refractivity contribution is -0.117. The largest absolute Gasteiger partial charge is 0.350 e. The second kappa shape index (κ2) is 8.56. The molecule has 120 valence electrons. The molecule has 1 saturated heterocycles. The molecule has 0 atom stereocenters. The quantitative estimate of drug-likeness (QED) is 0.821. The Morgan fingerprint density at radius 1 is 1.36 bits per heavy atom. The minimum atomic E-state index is -0.0695. The summed E-state index contributed by atoms with van der Waals surface area (Å²) < 4.78 is 0. The SMILES string of the molecule is CCCN1CCC(NC(=O)/C=C/c2ccc(Cl)cc2Cl)CC1. The molecule has 0 bridgehead atoms. The molecule has 1 heterocycles. The molecule has 0 aromatic heterocycles. The lowest BCUT2D eigenvalue weighted by Crippen LogP contribution is -2.44. The van der Waals surface area contributed by atoms with Crippen molar-refractivity contribution in [2.45, 2.75) is 32.2 Å². The average molecular weight is 341 g/mol. The van der Waals surface area contributed by atoms with E-state index in [0.717, 1.165) is 38.0 Å². The van der Waals surface area contributed by atoms with E-state index in [0.29, 0.717) is 10.0 Å². The summed E-state index contributed by atoms with van der Waals surface area (Å²) in [5, 5.41) is 4.20. The summed E-state index contributed by atoms with van der Waals surface area (Å²) in [4.78, 5) is 14.4. The van der Waals surface area contributed by atoms with Crippen LogP contribution in [-0.4, -0.2) is 36.5 Å². The Labute approximate surface area is 142 Å². The van der Waals surface area contributed by atoms with Gasteiger partial charge in [-0.1, -0.05) is 36.2 Å². The van der Waals surface area contributed by atoms with Crippen LogP contribution >= 0.6 is 23.2 Å². The Morgan fingerprint density at radius 2 is 2.09 bits per heavy atom. The fraction of sp³-hybridized carbons (Fsp3) is 0.471. The van der Waals surface area contributed by atoms with Gasteiger partial charge in [-0.05, 0) is 49.6 Å². The average Bonchev–Trinajstić information content (AvgIpc) is 2.49. The van der Waals surface area contributed by atoms with E-state index < -0.39 is 0 Å². The molecular formula is C17H22Cl2N2O. The third-order valence-corrected chi connectivity index (χ3v) is 4.41. The van der Waals surface area contributed by atoms with Crippen LogP contribution in [-0.2, 0) is 4.79 Å². The Balaban J connectivity index is 1.82. The first-order valence-electron chi connectivity index (χ1n) is 7.74. The van der Waals surface area contributed by atoms with E-state index >= 15 is 0 Å². The predicted octanol–water partition coefficient (Wildman–Crippen LogP) is 4.00. The number of carbonyl (C=O) groups excluding carboxylic acids is 1. The first-order chi connectivity index (χ1) is 10.6. The van der Waals surface area contributed by atoms with E-state index in [9.17, 15) is 4.79 Å². The van der Waals surface area contributed by atoms with E-state index in [1.165, 1.54) is 12.5 Å². The Bertz CT molecular complexity index is 537. The van der Waals surface area contributed by atoms with Crippen molar-refractivity contribution in [2.24, 2.45) is 0 Å². The number of piperidine rings is 1. The number of hydrogen-bond acceptors (Lipinski definition) is 2. The van der Waals surface area contributed by atoms with Crippen molar-refractivity contribution >= 4 is 35.2 Å². The summed E-state index contributed by atoms with van der Waals surface area (Å²) in [6.07, 6.45) is 6.47. The molecule has 1 aromatic carbocycles. The number of nitrogens with zero attached hydrogens (tertiary/aromatic N) is 1. The second-order valence-electron chi connectivity index (χ2n) is 5.62. The fourth-order valence-electron chi connectivity index (χ4n) is 2.67. The molecular weight excluding hydrogens is 319 g/mol. The summed E-state index contributed by atoms with van der Waals surface area (Å²) in [7, 11) is 0. The van der Waals surface area contributed by atoms with Crippen LogP contribution in [0.1, 0.15) is 31.7 Å². The van der Waals surface area contributed by atoms with E-state index in [-0.39, 0.29) is 11.9 Å². The van der Waals surface area contributed by atoms with Crippen LogP contribution in [0.4, 0.5) is 0 Å². The highest BCUT2D eigenvalue weighted by atomic mass is 35.5. The number of halogens is 2. The summed E-state index contributed by atoms with van der Waals surface area (Å²) >= 11 is 11.9. The Hall–Kier alpha value is -1.03. The summed E-state index contributed by atoms with van der Waals surface area (Å²) in [5.74, 6) is -0.0695. The van der Waals surface area contributed by atoms with Crippen molar-refractivity contribution in [2.75, 3.05) is 19.6 Å². The molecule has 1 aliphatic heterocycles. The molecule has 1 aromatic rings. The molecule has 0 radical (unpaired) electrons. The summed E-state index contributed by atoms with van der Waals surface area (Å²) in [6.45, 7) is 5.47. The van der Waals surface area contributed by atoms with Crippen LogP contribution in [0, 0.1) is 0 Å². The van der Waals surface area contributed by atoms with Crippen LogP contribution in [0.25, 0.3) is 6.08 Å². The number of rotatable bonds is 5. The van der Waals surface area contributed by atoms with Gasteiger partial charge in [0.25, 0.3) is 0 Å². The smallest absolute Gasteiger partial charge is 0.244 e. The number of benzene rings is 1. The zero-order chi connectivity index (χ0) is 15.9. The first-order valence-corrected chi connectivity index (χ1v) is 8.50. The number of likely N-dealkylation sites (tertiary alicyclic amines) is 1. The summed E-state index contributed by atoms with van der Waals surface area (Å²) in [6, 6.07) is 5.50. The zero-order valence-corrected chi connectivity index (χ0v) is 14.3. The Morgan fingerprint density at radius 3 is 2.73 bits per heavy atom. The van der Waals surface area contributed by atoms with Gasteiger partial charge < -0.3 is 10.2 Å². The van der Waals surface area contributed by atoms with Gasteiger partial charge in [0.05, 0.1) is 0 Å². The highest BCUT2D eigenvalue weighted by Crippen LogP contribution is 2.22. The molecule has 1 N–H and O–H groups in total. The molecule has 3 nitrogen and oxygen atoms in total. The molecule has 0 spiro atoms. The maximum Gasteiger partial charge on any atom is 0.244 e. The highest BCUT2D eigenvalue weighted by Gasteiger charge is 2.19. The number of amides is 1. The van der Waals surface area contributed by atoms with Gasteiger partial charge in [-0.2, -0.15) is 0 Å². The van der Waals surface area contributed by atoms with E-state index in [2.05, 4.69) is 17.1 Å². The van der Waals surface area contributed by atoms with Gasteiger partial charge in [0, 0.05) is 35.3 Å². The molecule has 2 rings (SSSR count). The molecule has 22 heavy (non-hydrogen) atoms. The maximum absolute atomic E-state index is 12.0. The summed E-state index contributed by atoms with van der Waals surface area (Å²) in [5.41, 5.74) is 0.791. The van der Waals surface area contributed by atoms with E-state index in [1.807, 2.05) is 0 Å². The number of carbonyl (C=O) groups is 1. The third kappa shape index (κ3) is 5.31. The normalized spacial score (nSPS) is 17.0. The number of hydrogen-bond donors (Lipinski definition) is 1. The van der Waals surface area contributed by atoms with Crippen LogP contribution in [0.15, 0.2) is 24.3 Å². The van der Waals surface area contributed by atoms with Crippen molar-refractivity contribution in [1.82, 2.24) is 10.2 Å². The third-order valence-electron chi connectivity index (χ3n) is 3.85. The van der Waals surface area contributed by atoms with Gasteiger partial charge >= 0.3 is 0 Å². The lowest BCUT2D eigenvalue weighted by Gasteiger charge is -2.31. The maximum atomic E-state index is 12.0. The highest BCUT2D eigenvalue weighted by molar-refractivity contribution is 6.35. The molecule has 1 aliphatic rings. The van der Waals surface area contributed by atoms with Gasteiger partial charge in [-0.25, -0.2) is 0 Å². The molecule has 0 unspecified atom stereocenters. The number of nitrogens with one attached hydrogen (secondary N) is 1. The lowest BCUT2D eigenvalue weighted by atomic mass is 10.0. The minimum Gasteiger partial charge on any atom is -0.350 e. The van der Waals surface area contributed by atoms with Gasteiger partial charge in [-0.3, -0.25) is 4.79 Å². The van der Waals surface area contributed by atoms with Crippen molar-refractivity contribution in [3.63, 3.8) is 0 Å². The van der Waals surface area contributed by atoms with Crippen molar-refractivity contribution in [3.05, 3.63) is 39.9 Å². The topological polar surface area (TPSA) is 32.3 Å². The van der Waals surface area contributed by atoms with Gasteiger partial charge in [0.15, 0.2) is 0 Å². The molecule has 1 fully saturated rings.